The van der Waals surface area contributed by atoms with Crippen molar-refractivity contribution in [3.8, 4) is 0 Å². The molecule has 25 heavy (non-hydrogen) atoms. The van der Waals surface area contributed by atoms with Gasteiger partial charge in [-0.05, 0) is 0 Å². The van der Waals surface area contributed by atoms with Crippen LogP contribution in [0.1, 0.15) is 0 Å². The number of allylic oxidation sites excluding steroid dienone is 3. The molecule has 0 bridgehead atoms. The zero-order valence-electron chi connectivity index (χ0n) is 14.0. The molecule has 1 nitrogen and oxygen atoms in total. The Bertz CT molecular complexity index is 756. The van der Waals surface area contributed by atoms with Gasteiger partial charge in [0.1, 0.15) is 0 Å². The summed E-state index contributed by atoms with van der Waals surface area (Å²) in [6.45, 7) is 0. The van der Waals surface area contributed by atoms with E-state index in [0.29, 0.717) is 0 Å². The molecule has 0 unspecified atom stereocenters. The number of carbonyl (C=O) groups is 1. The summed E-state index contributed by atoms with van der Waals surface area (Å²) in [5.41, 5.74) is 0. The van der Waals surface area contributed by atoms with Crippen LogP contribution in [0.4, 0.5) is 0 Å². The molecule has 0 aliphatic heterocycles. The van der Waals surface area contributed by atoms with Gasteiger partial charge in [0.2, 0.25) is 0 Å². The Hall–Kier alpha value is -2.39. The summed E-state index contributed by atoms with van der Waals surface area (Å²) in [6, 6.07) is 32.3. The van der Waals surface area contributed by atoms with E-state index >= 15 is 0 Å². The zero-order valence-corrected chi connectivity index (χ0v) is 16.8. The van der Waals surface area contributed by atoms with E-state index < -0.39 is 18.4 Å². The maximum absolute atomic E-state index is 10.6. The molecule has 0 fully saturated rings. The number of hydrogen-bond acceptors (Lipinski definition) is 1. The summed E-state index contributed by atoms with van der Waals surface area (Å²) >= 11 is -3.30. The molecule has 0 aliphatic carbocycles. The predicted octanol–water partition coefficient (Wildman–Crippen LogP) is 3.01. The third-order valence-electron chi connectivity index (χ3n) is 4.33. The van der Waals surface area contributed by atoms with Gasteiger partial charge in [-0.2, -0.15) is 0 Å². The quantitative estimate of drug-likeness (QED) is 0.254. The van der Waals surface area contributed by atoms with E-state index in [0.717, 1.165) is 6.29 Å². The van der Waals surface area contributed by atoms with Crippen LogP contribution in [0, 0.1) is 0 Å². The van der Waals surface area contributed by atoms with Gasteiger partial charge in [-0.3, -0.25) is 0 Å². The molecule has 3 aromatic rings. The zero-order chi connectivity index (χ0) is 17.4. The molecule has 0 radical (unpaired) electrons. The van der Waals surface area contributed by atoms with Crippen molar-refractivity contribution in [3.63, 3.8) is 0 Å². The molecule has 0 saturated heterocycles. The molecule has 3 rings (SSSR count). The normalized spacial score (nSPS) is 11.8. The van der Waals surface area contributed by atoms with Crippen LogP contribution < -0.4 is 10.7 Å². The summed E-state index contributed by atoms with van der Waals surface area (Å²) in [5, 5.41) is 0. The Balaban J connectivity index is 2.29. The first-order valence-electron chi connectivity index (χ1n) is 8.34. The fraction of sp³-hybridized carbons (Fsp3) is 0. The van der Waals surface area contributed by atoms with Crippen LogP contribution in [0.3, 0.4) is 0 Å². The van der Waals surface area contributed by atoms with E-state index in [9.17, 15) is 4.79 Å². The van der Waals surface area contributed by atoms with Crippen molar-refractivity contribution in [2.45, 2.75) is 0 Å². The van der Waals surface area contributed by atoms with E-state index in [4.69, 9.17) is 0 Å². The molecule has 2 heteroatoms. The van der Waals surface area contributed by atoms with E-state index in [-0.39, 0.29) is 0 Å². The van der Waals surface area contributed by atoms with Gasteiger partial charge < -0.3 is 0 Å². The number of carbonyl (C=O) groups excluding carboxylic acids is 1. The Morgan fingerprint density at radius 1 is 0.520 bits per heavy atom. The summed E-state index contributed by atoms with van der Waals surface area (Å²) in [6.07, 6.45) is 6.22. The van der Waals surface area contributed by atoms with Crippen molar-refractivity contribution in [3.05, 3.63) is 113 Å². The van der Waals surface area contributed by atoms with Gasteiger partial charge in [0.25, 0.3) is 0 Å². The van der Waals surface area contributed by atoms with Crippen LogP contribution in [0.15, 0.2) is 113 Å². The summed E-state index contributed by atoms with van der Waals surface area (Å²) in [7, 11) is 0. The first kappa shape index (κ1) is 17.4. The van der Waals surface area contributed by atoms with Crippen molar-refractivity contribution >= 4 is 35.4 Å². The topological polar surface area (TPSA) is 17.1 Å². The average molecular weight is 431 g/mol. The third-order valence-corrected chi connectivity index (χ3v) is 17.0. The molecule has 0 aliphatic rings. The van der Waals surface area contributed by atoms with E-state index in [2.05, 4.69) is 95.1 Å². The molecule has 0 atom stereocenters. The standard InChI is InChI=1S/3C6H5.C5H5O.Sn/c3*1-2-4-6-5-3-1;1-2-3-4-5-6;/h4*1-5H;/b;;;2-1?,4-3+;. The van der Waals surface area contributed by atoms with Gasteiger partial charge in [0.15, 0.2) is 0 Å². The molecule has 0 saturated carbocycles. The van der Waals surface area contributed by atoms with Gasteiger partial charge in [0, 0.05) is 0 Å². The Kier molecular flexibility index (Phi) is 6.02. The van der Waals surface area contributed by atoms with Crippen LogP contribution in [0.5, 0.6) is 0 Å². The number of aldehydes is 1. The van der Waals surface area contributed by atoms with Gasteiger partial charge in [0.05, 0.1) is 0 Å². The fourth-order valence-electron chi connectivity index (χ4n) is 3.20. The van der Waals surface area contributed by atoms with E-state index in [1.165, 1.54) is 16.8 Å². The second kappa shape index (κ2) is 8.63. The molecule has 0 N–H and O–H groups in total. The second-order valence-electron chi connectivity index (χ2n) is 5.79. The second-order valence-corrected chi connectivity index (χ2v) is 16.3. The molecular weight excluding hydrogens is 411 g/mol. The van der Waals surface area contributed by atoms with Crippen LogP contribution in [0.2, 0.25) is 0 Å². The number of rotatable bonds is 6. The third kappa shape index (κ3) is 3.82. The molecule has 0 spiro atoms. The monoisotopic (exact) mass is 432 g/mol. The first-order valence-corrected chi connectivity index (χ1v) is 14.3. The van der Waals surface area contributed by atoms with E-state index in [1.807, 2.05) is 12.2 Å². The van der Waals surface area contributed by atoms with Crippen LogP contribution in [-0.2, 0) is 4.79 Å². The van der Waals surface area contributed by atoms with Crippen LogP contribution in [0.25, 0.3) is 0 Å². The summed E-state index contributed by atoms with van der Waals surface area (Å²) in [4.78, 5) is 10.6. The Morgan fingerprint density at radius 2 is 0.920 bits per heavy atom. The van der Waals surface area contributed by atoms with Gasteiger partial charge in [-0.15, -0.1) is 0 Å². The Labute approximate surface area is 153 Å². The number of hydrogen-bond donors (Lipinski definition) is 0. The fourth-order valence-corrected chi connectivity index (χ4v) is 15.0. The molecule has 0 amide bonds. The van der Waals surface area contributed by atoms with Crippen molar-refractivity contribution in [1.29, 1.82) is 0 Å². The van der Waals surface area contributed by atoms with Gasteiger partial charge >= 0.3 is 154 Å². The van der Waals surface area contributed by atoms with Crippen molar-refractivity contribution in [2.75, 3.05) is 0 Å². The van der Waals surface area contributed by atoms with Gasteiger partial charge in [-0.1, -0.05) is 0 Å². The summed E-state index contributed by atoms with van der Waals surface area (Å²) < 4.78 is 6.55. The molecular formula is C23H20OSn. The average Bonchev–Trinajstić information content (AvgIpc) is 2.70. The number of benzene rings is 3. The van der Waals surface area contributed by atoms with Gasteiger partial charge in [-0.25, -0.2) is 0 Å². The van der Waals surface area contributed by atoms with Crippen molar-refractivity contribution < 1.29 is 4.79 Å². The molecule has 0 aromatic heterocycles. The molecule has 3 aromatic carbocycles. The van der Waals surface area contributed by atoms with Crippen molar-refractivity contribution in [1.82, 2.24) is 0 Å². The SMILES string of the molecule is O=C/C=C/C=[CH]/[Sn]([c]1ccccc1)([c]1ccccc1)[c]1ccccc1. The predicted molar refractivity (Wildman–Crippen MR) is 108 cm³/mol. The Morgan fingerprint density at radius 3 is 1.28 bits per heavy atom. The van der Waals surface area contributed by atoms with Crippen LogP contribution in [-0.4, -0.2) is 24.7 Å². The molecule has 0 heterocycles. The van der Waals surface area contributed by atoms with Crippen molar-refractivity contribution in [2.24, 2.45) is 0 Å². The minimum atomic E-state index is -3.30. The summed E-state index contributed by atoms with van der Waals surface area (Å²) in [5.74, 6) is 0. The molecule has 122 valence electrons. The first-order chi connectivity index (χ1) is 12.4. The maximum atomic E-state index is 10.6. The van der Waals surface area contributed by atoms with E-state index in [1.54, 1.807) is 0 Å². The minimum absolute atomic E-state index is 0.815. The van der Waals surface area contributed by atoms with Crippen LogP contribution >= 0.6 is 0 Å².